The lowest BCUT2D eigenvalue weighted by Crippen LogP contribution is -1.81. The Kier molecular flexibility index (Phi) is 105. The second kappa shape index (κ2) is 73.1. The molecule has 0 aromatic heterocycles. The first-order valence-corrected chi connectivity index (χ1v) is 24.6. The third kappa shape index (κ3) is 105. The highest BCUT2D eigenvalue weighted by molar-refractivity contribution is 14.1. The van der Waals surface area contributed by atoms with Gasteiger partial charge in [0.15, 0.2) is 0 Å². The van der Waals surface area contributed by atoms with Crippen molar-refractivity contribution in [3.63, 3.8) is 0 Å². The molecule has 0 rings (SSSR count). The number of hydrogen-bond acceptors (Lipinski definition) is 1. The molecule has 0 heterocycles. The minimum absolute atomic E-state index is 0.336. The summed E-state index contributed by atoms with van der Waals surface area (Å²) in [5.74, 6) is 0. The highest BCUT2D eigenvalue weighted by atomic mass is 127. The Hall–Kier alpha value is 4.34. The molecule has 0 radical (unpaired) electrons. The molecule has 0 aliphatic carbocycles. The first-order chi connectivity index (χ1) is 18.5. The number of hydrogen-bond donors (Lipinski definition) is 1. The van der Waals surface area contributed by atoms with Gasteiger partial charge in [0.1, 0.15) is 0 Å². The summed E-state index contributed by atoms with van der Waals surface area (Å²) in [6, 6.07) is 0. The molecule has 7 heteroatoms. The summed E-state index contributed by atoms with van der Waals surface area (Å²) in [5.41, 5.74) is 0. The monoisotopic (exact) mass is 1220 g/mol. The van der Waals surface area contributed by atoms with E-state index in [1.807, 2.05) is 0 Å². The molecule has 240 valence electrons. The molecule has 0 saturated heterocycles. The Labute approximate surface area is 325 Å². The van der Waals surface area contributed by atoms with Gasteiger partial charge in [0.25, 0.3) is 0 Å². The number of rotatable bonds is 20. The van der Waals surface area contributed by atoms with E-state index in [2.05, 4.69) is 170 Å². The van der Waals surface area contributed by atoms with E-state index in [1.165, 1.54) is 138 Å². The van der Waals surface area contributed by atoms with Crippen LogP contribution in [-0.2, 0) is 0 Å². The average molecular weight is 1220 g/mol. The van der Waals surface area contributed by atoms with Crippen LogP contribution in [0, 0.1) is 0 Å². The molecule has 0 bridgehead atoms. The Morgan fingerprint density at radius 2 is 0.526 bits per heavy atom. The number of aliphatic hydroxyl groups excluding tert-OH is 1. The van der Waals surface area contributed by atoms with Crippen LogP contribution < -0.4 is 0 Å². The maximum Gasteiger partial charge on any atom is 0.0438 e. The van der Waals surface area contributed by atoms with Crippen molar-refractivity contribution in [3.8, 4) is 0 Å². The van der Waals surface area contributed by atoms with E-state index in [-0.39, 0.29) is 0 Å². The number of aliphatic hydroxyl groups is 1. The number of halogens is 6. The molecule has 0 amide bonds. The molecule has 0 saturated carbocycles. The summed E-state index contributed by atoms with van der Waals surface area (Å²) in [6.07, 6.45) is 26.5. The van der Waals surface area contributed by atoms with Gasteiger partial charge in [-0.15, -0.1) is 0 Å². The van der Waals surface area contributed by atoms with Crippen LogP contribution in [0.25, 0.3) is 0 Å². The summed E-state index contributed by atoms with van der Waals surface area (Å²) >= 11 is 14.2. The van der Waals surface area contributed by atoms with Crippen LogP contribution >= 0.6 is 136 Å². The Bertz CT molecular complexity index is 253. The van der Waals surface area contributed by atoms with Gasteiger partial charge in [-0.25, -0.2) is 0 Å². The van der Waals surface area contributed by atoms with Crippen molar-refractivity contribution in [2.24, 2.45) is 0 Å². The lowest BCUT2D eigenvalue weighted by atomic mass is 10.1. The molecule has 0 aromatic carbocycles. The van der Waals surface area contributed by atoms with Gasteiger partial charge in [-0.1, -0.05) is 260 Å². The first-order valence-electron chi connectivity index (χ1n) is 15.5. The highest BCUT2D eigenvalue weighted by Gasteiger charge is 1.91. The fraction of sp³-hybridized carbons (Fsp3) is 1.00. The number of unbranched alkanes of at least 4 members (excludes halogenated alkanes) is 14. The standard InChI is InChI=1S/C12H25I.C6H13I.C5H11I.C3H7IO.C3H7I.C2H5I/c1-2-3-4-5-6-7-8-9-10-11-12-13;1-2-3-4-5-6-7;1-2-3-4-5-6;4-2-1-3-5;1-2-3-4;1-2-3/h2-12H2,1H3;2-6H2,1H3;2-5H2,1H3;5H,1-3H2;2-3H2,1H3;2H2,1H3. The zero-order valence-corrected chi connectivity index (χ0v) is 39.0. The second-order valence-electron chi connectivity index (χ2n) is 8.74. The lowest BCUT2D eigenvalue weighted by Gasteiger charge is -2.00. The zero-order chi connectivity index (χ0) is 30.4. The topological polar surface area (TPSA) is 20.2 Å². The Morgan fingerprint density at radius 3 is 0.711 bits per heavy atom. The van der Waals surface area contributed by atoms with Gasteiger partial charge in [-0.05, 0) is 54.2 Å². The quantitative estimate of drug-likeness (QED) is 0.0732. The van der Waals surface area contributed by atoms with Crippen LogP contribution in [0.15, 0.2) is 0 Å². The normalized spacial score (nSPS) is 9.16. The lowest BCUT2D eigenvalue weighted by molar-refractivity contribution is 0.297. The van der Waals surface area contributed by atoms with Crippen molar-refractivity contribution in [1.29, 1.82) is 0 Å². The molecule has 1 N–H and O–H groups in total. The summed E-state index contributed by atoms with van der Waals surface area (Å²) in [7, 11) is 0. The van der Waals surface area contributed by atoms with Crippen molar-refractivity contribution in [3.05, 3.63) is 0 Å². The Morgan fingerprint density at radius 1 is 0.316 bits per heavy atom. The molecule has 0 fully saturated rings. The predicted molar refractivity (Wildman–Crippen MR) is 237 cm³/mol. The van der Waals surface area contributed by atoms with Gasteiger partial charge in [0, 0.05) is 11.0 Å². The van der Waals surface area contributed by atoms with E-state index >= 15 is 0 Å². The molecule has 0 spiro atoms. The maximum atomic E-state index is 8.06. The van der Waals surface area contributed by atoms with Crippen molar-refractivity contribution >= 4 is 136 Å². The molecule has 0 aliphatic rings. The SMILES string of the molecule is CCCCCCCCCCCCI.CCCCCCI.CCCCCI.CCCI.CCI.OCCCI. The third-order valence-corrected chi connectivity index (χ3v) is 8.82. The van der Waals surface area contributed by atoms with E-state index in [0.717, 1.165) is 10.8 Å². The zero-order valence-electron chi connectivity index (χ0n) is 26.1. The van der Waals surface area contributed by atoms with Gasteiger partial charge in [-0.2, -0.15) is 0 Å². The summed E-state index contributed by atoms with van der Waals surface area (Å²) in [6.45, 7) is 11.4. The van der Waals surface area contributed by atoms with Crippen molar-refractivity contribution < 1.29 is 5.11 Å². The first kappa shape index (κ1) is 54.8. The molecule has 38 heavy (non-hydrogen) atoms. The maximum absolute atomic E-state index is 8.06. The van der Waals surface area contributed by atoms with Crippen LogP contribution in [0.1, 0.15) is 157 Å². The van der Waals surface area contributed by atoms with E-state index < -0.39 is 0 Å². The van der Waals surface area contributed by atoms with Crippen LogP contribution in [0.4, 0.5) is 0 Å². The minimum Gasteiger partial charge on any atom is -0.396 e. The van der Waals surface area contributed by atoms with E-state index in [0.29, 0.717) is 6.61 Å². The molecule has 0 aromatic rings. The van der Waals surface area contributed by atoms with Crippen molar-refractivity contribution in [2.45, 2.75) is 157 Å². The van der Waals surface area contributed by atoms with Crippen LogP contribution in [-0.4, -0.2) is 38.3 Å². The molecular formula is C31H68I6O. The summed E-state index contributed by atoms with van der Waals surface area (Å²) in [5, 5.41) is 8.06. The highest BCUT2D eigenvalue weighted by Crippen LogP contribution is 2.10. The van der Waals surface area contributed by atoms with E-state index in [1.54, 1.807) is 0 Å². The largest absolute Gasteiger partial charge is 0.396 e. The third-order valence-electron chi connectivity index (χ3n) is 4.69. The fourth-order valence-corrected chi connectivity index (χ4v) is 4.47. The van der Waals surface area contributed by atoms with Gasteiger partial charge in [0.2, 0.25) is 0 Å². The molecule has 1 nitrogen and oxygen atoms in total. The summed E-state index contributed by atoms with van der Waals surface area (Å²) in [4.78, 5) is 0. The smallest absolute Gasteiger partial charge is 0.0438 e. The molecular weight excluding hydrogens is 1150 g/mol. The number of alkyl halides is 6. The van der Waals surface area contributed by atoms with Crippen molar-refractivity contribution in [1.82, 2.24) is 0 Å². The summed E-state index contributed by atoms with van der Waals surface area (Å²) < 4.78 is 7.57. The molecule has 0 aliphatic heterocycles. The van der Waals surface area contributed by atoms with Gasteiger partial charge >= 0.3 is 0 Å². The van der Waals surface area contributed by atoms with E-state index in [4.69, 9.17) is 5.11 Å². The average Bonchev–Trinajstić information content (AvgIpc) is 2.93. The van der Waals surface area contributed by atoms with Gasteiger partial charge in [-0.3, -0.25) is 0 Å². The van der Waals surface area contributed by atoms with Crippen LogP contribution in [0.2, 0.25) is 0 Å². The molecule has 0 atom stereocenters. The molecule has 0 unspecified atom stereocenters. The van der Waals surface area contributed by atoms with Crippen LogP contribution in [0.3, 0.4) is 0 Å². The Balaban J connectivity index is -0.0000000877. The van der Waals surface area contributed by atoms with Gasteiger partial charge in [0.05, 0.1) is 0 Å². The minimum atomic E-state index is 0.336. The predicted octanol–water partition coefficient (Wildman–Crippen LogP) is 15.0. The fourth-order valence-electron chi connectivity index (χ4n) is 2.51. The second-order valence-corrected chi connectivity index (χ2v) is 15.7. The van der Waals surface area contributed by atoms with Crippen molar-refractivity contribution in [2.75, 3.05) is 33.2 Å². The van der Waals surface area contributed by atoms with Gasteiger partial charge < -0.3 is 5.11 Å². The van der Waals surface area contributed by atoms with Crippen LogP contribution in [0.5, 0.6) is 0 Å². The van der Waals surface area contributed by atoms with E-state index in [9.17, 15) is 0 Å².